The van der Waals surface area contributed by atoms with Gasteiger partial charge < -0.3 is 15.0 Å². The molecule has 0 spiro atoms. The predicted octanol–water partition coefficient (Wildman–Crippen LogP) is 1.87. The van der Waals surface area contributed by atoms with Gasteiger partial charge in [0.1, 0.15) is 0 Å². The number of nitrogens with one attached hydrogen (secondary N) is 1. The van der Waals surface area contributed by atoms with E-state index in [9.17, 15) is 0 Å². The van der Waals surface area contributed by atoms with Crippen LogP contribution >= 0.6 is 0 Å². The first kappa shape index (κ1) is 12.9. The van der Waals surface area contributed by atoms with Gasteiger partial charge in [0, 0.05) is 25.7 Å². The molecule has 3 nitrogen and oxygen atoms in total. The molecule has 104 valence electrons. The van der Waals surface area contributed by atoms with Crippen molar-refractivity contribution in [1.82, 2.24) is 10.2 Å². The second-order valence-corrected chi connectivity index (χ2v) is 6.83. The third-order valence-electron chi connectivity index (χ3n) is 4.74. The quantitative estimate of drug-likeness (QED) is 0.748. The van der Waals surface area contributed by atoms with E-state index in [4.69, 9.17) is 4.74 Å². The molecule has 3 rings (SSSR count). The molecule has 1 saturated heterocycles. The van der Waals surface area contributed by atoms with Crippen LogP contribution in [0.5, 0.6) is 0 Å². The summed E-state index contributed by atoms with van der Waals surface area (Å²) in [6, 6.07) is 0.812. The number of likely N-dealkylation sites (N-methyl/N-ethyl adjacent to an activating group) is 1. The number of nitrogens with zero attached hydrogens (tertiary/aromatic N) is 1. The molecule has 3 heteroatoms. The van der Waals surface area contributed by atoms with Gasteiger partial charge >= 0.3 is 0 Å². The van der Waals surface area contributed by atoms with Crippen LogP contribution in [0.15, 0.2) is 0 Å². The van der Waals surface area contributed by atoms with Crippen LogP contribution in [0.1, 0.15) is 39.0 Å². The van der Waals surface area contributed by atoms with E-state index in [2.05, 4.69) is 24.2 Å². The predicted molar refractivity (Wildman–Crippen MR) is 73.7 cm³/mol. The zero-order chi connectivity index (χ0) is 12.5. The molecule has 1 N–H and O–H groups in total. The van der Waals surface area contributed by atoms with E-state index in [1.165, 1.54) is 38.6 Å². The van der Waals surface area contributed by atoms with Crippen molar-refractivity contribution in [3.8, 4) is 0 Å². The van der Waals surface area contributed by atoms with E-state index >= 15 is 0 Å². The van der Waals surface area contributed by atoms with Crippen molar-refractivity contribution in [2.45, 2.75) is 57.3 Å². The fourth-order valence-electron chi connectivity index (χ4n) is 3.13. The lowest BCUT2D eigenvalue weighted by Crippen LogP contribution is -2.33. The van der Waals surface area contributed by atoms with Crippen molar-refractivity contribution in [3.63, 3.8) is 0 Å². The van der Waals surface area contributed by atoms with Crippen LogP contribution in [0.25, 0.3) is 0 Å². The molecule has 4 unspecified atom stereocenters. The van der Waals surface area contributed by atoms with Gasteiger partial charge in [0.2, 0.25) is 0 Å². The lowest BCUT2D eigenvalue weighted by Gasteiger charge is -2.21. The fraction of sp³-hybridized carbons (Fsp3) is 1.00. The summed E-state index contributed by atoms with van der Waals surface area (Å²) < 4.78 is 6.13. The molecular formula is C15H28N2O. The molecule has 1 heterocycles. The van der Waals surface area contributed by atoms with Gasteiger partial charge in [0.15, 0.2) is 0 Å². The first-order valence-electron chi connectivity index (χ1n) is 7.78. The molecule has 18 heavy (non-hydrogen) atoms. The molecule has 0 bridgehead atoms. The molecule has 3 fully saturated rings. The average Bonchev–Trinajstić information content (AvgIpc) is 3.22. The Morgan fingerprint density at radius 1 is 1.11 bits per heavy atom. The maximum absolute atomic E-state index is 6.13. The van der Waals surface area contributed by atoms with E-state index < -0.39 is 0 Å². The first-order valence-corrected chi connectivity index (χ1v) is 7.78. The van der Waals surface area contributed by atoms with Gasteiger partial charge in [-0.2, -0.15) is 0 Å². The van der Waals surface area contributed by atoms with Crippen molar-refractivity contribution < 1.29 is 4.74 Å². The summed E-state index contributed by atoms with van der Waals surface area (Å²) in [6.07, 6.45) is 7.64. The van der Waals surface area contributed by atoms with Crippen molar-refractivity contribution in [2.75, 3.05) is 26.7 Å². The molecule has 0 amide bonds. The summed E-state index contributed by atoms with van der Waals surface area (Å²) in [4.78, 5) is 2.48. The van der Waals surface area contributed by atoms with Crippen LogP contribution < -0.4 is 5.32 Å². The molecule has 2 aliphatic carbocycles. The van der Waals surface area contributed by atoms with Gasteiger partial charge in [-0.3, -0.25) is 0 Å². The Labute approximate surface area is 111 Å². The molecule has 0 radical (unpaired) electrons. The Morgan fingerprint density at radius 3 is 2.50 bits per heavy atom. The summed E-state index contributed by atoms with van der Waals surface area (Å²) in [5.74, 6) is 1.93. The maximum Gasteiger partial charge on any atom is 0.0707 e. The van der Waals surface area contributed by atoms with Crippen LogP contribution in [-0.2, 0) is 4.74 Å². The van der Waals surface area contributed by atoms with Gasteiger partial charge in [-0.1, -0.05) is 6.92 Å². The van der Waals surface area contributed by atoms with Crippen molar-refractivity contribution >= 4 is 0 Å². The van der Waals surface area contributed by atoms with Gasteiger partial charge in [-0.25, -0.2) is 0 Å². The van der Waals surface area contributed by atoms with Crippen LogP contribution in [0.2, 0.25) is 0 Å². The maximum atomic E-state index is 6.13. The zero-order valence-electron chi connectivity index (χ0n) is 11.9. The van der Waals surface area contributed by atoms with Gasteiger partial charge in [0.05, 0.1) is 12.2 Å². The molecule has 0 aromatic carbocycles. The largest absolute Gasteiger partial charge is 0.372 e. The zero-order valence-corrected chi connectivity index (χ0v) is 11.9. The van der Waals surface area contributed by atoms with E-state index in [1.807, 2.05) is 0 Å². The second-order valence-electron chi connectivity index (χ2n) is 6.83. The van der Waals surface area contributed by atoms with Crippen molar-refractivity contribution in [3.05, 3.63) is 0 Å². The Kier molecular flexibility index (Phi) is 3.92. The third-order valence-corrected chi connectivity index (χ3v) is 4.74. The minimum Gasteiger partial charge on any atom is -0.372 e. The molecule has 4 atom stereocenters. The monoisotopic (exact) mass is 252 g/mol. The standard InChI is InChI=1S/C15H28N2O/c1-11-7-12(11)9-17(2)10-15-6-5-14(18-15)8-16-13-3-4-13/h11-16H,3-10H2,1-2H3. The first-order chi connectivity index (χ1) is 8.70. The number of ether oxygens (including phenoxy) is 1. The van der Waals surface area contributed by atoms with Crippen molar-refractivity contribution in [1.29, 1.82) is 0 Å². The molecule has 0 aromatic heterocycles. The molecule has 2 saturated carbocycles. The second kappa shape index (κ2) is 5.48. The van der Waals surface area contributed by atoms with Gasteiger partial charge in [-0.05, 0) is 51.0 Å². The normalized spacial score (nSPS) is 39.5. The summed E-state index contributed by atoms with van der Waals surface area (Å²) in [5, 5.41) is 3.58. The smallest absolute Gasteiger partial charge is 0.0707 e. The Hall–Kier alpha value is -0.120. The highest BCUT2D eigenvalue weighted by Gasteiger charge is 2.34. The fourth-order valence-corrected chi connectivity index (χ4v) is 3.13. The number of hydrogen-bond donors (Lipinski definition) is 1. The third kappa shape index (κ3) is 3.69. The van der Waals surface area contributed by atoms with Crippen LogP contribution in [0, 0.1) is 11.8 Å². The lowest BCUT2D eigenvalue weighted by atomic mass is 10.2. The highest BCUT2D eigenvalue weighted by Crippen LogP contribution is 2.38. The van der Waals surface area contributed by atoms with Crippen LogP contribution in [0.4, 0.5) is 0 Å². The Bertz CT molecular complexity index is 280. The van der Waals surface area contributed by atoms with E-state index in [0.29, 0.717) is 12.2 Å². The topological polar surface area (TPSA) is 24.5 Å². The van der Waals surface area contributed by atoms with E-state index in [1.54, 1.807) is 0 Å². The minimum atomic E-state index is 0.476. The van der Waals surface area contributed by atoms with Gasteiger partial charge in [-0.15, -0.1) is 0 Å². The SMILES string of the molecule is CC1CC1CN(C)CC1CCC(CNC2CC2)O1. The van der Waals surface area contributed by atoms with Gasteiger partial charge in [0.25, 0.3) is 0 Å². The molecule has 3 aliphatic rings. The molecule has 1 aliphatic heterocycles. The summed E-state index contributed by atoms with van der Waals surface area (Å²) in [7, 11) is 2.25. The summed E-state index contributed by atoms with van der Waals surface area (Å²) >= 11 is 0. The highest BCUT2D eigenvalue weighted by atomic mass is 16.5. The van der Waals surface area contributed by atoms with Crippen LogP contribution in [-0.4, -0.2) is 49.8 Å². The van der Waals surface area contributed by atoms with E-state index in [-0.39, 0.29) is 0 Å². The van der Waals surface area contributed by atoms with Crippen LogP contribution in [0.3, 0.4) is 0 Å². The number of rotatable bonds is 7. The molecule has 0 aromatic rings. The Morgan fingerprint density at radius 2 is 1.83 bits per heavy atom. The highest BCUT2D eigenvalue weighted by molar-refractivity contribution is 4.87. The van der Waals surface area contributed by atoms with E-state index in [0.717, 1.165) is 31.0 Å². The number of hydrogen-bond acceptors (Lipinski definition) is 3. The summed E-state index contributed by atoms with van der Waals surface area (Å²) in [5.41, 5.74) is 0. The average molecular weight is 252 g/mol. The molecular weight excluding hydrogens is 224 g/mol. The minimum absolute atomic E-state index is 0.476. The van der Waals surface area contributed by atoms with Crippen molar-refractivity contribution in [2.24, 2.45) is 11.8 Å². The lowest BCUT2D eigenvalue weighted by molar-refractivity contribution is 0.0269. The summed E-state index contributed by atoms with van der Waals surface area (Å²) in [6.45, 7) is 5.84. The Balaban J connectivity index is 1.30.